The van der Waals surface area contributed by atoms with E-state index in [0.29, 0.717) is 23.8 Å². The number of oxazole rings is 1. The lowest BCUT2D eigenvalue weighted by Gasteiger charge is -2.07. The molecule has 21 heavy (non-hydrogen) atoms. The van der Waals surface area contributed by atoms with Gasteiger partial charge in [0.05, 0.1) is 25.5 Å². The molecule has 0 bridgehead atoms. The van der Waals surface area contributed by atoms with E-state index in [-0.39, 0.29) is 17.0 Å². The zero-order valence-electron chi connectivity index (χ0n) is 11.8. The van der Waals surface area contributed by atoms with E-state index in [4.69, 9.17) is 4.42 Å². The first-order valence-electron chi connectivity index (χ1n) is 6.47. The van der Waals surface area contributed by atoms with Crippen LogP contribution >= 0.6 is 11.8 Å². The number of thioether (sulfide) groups is 1. The standard InChI is InChI=1S/C15H16FNO3S/c1-10(7-15(18)19-2)21-9-14-17-8-13(20-14)11-3-5-12(16)6-4-11/h3-6,8,10H,7,9H2,1-2H3. The van der Waals surface area contributed by atoms with Crippen molar-refractivity contribution in [2.45, 2.75) is 24.3 Å². The normalized spacial score (nSPS) is 12.1. The van der Waals surface area contributed by atoms with E-state index in [9.17, 15) is 9.18 Å². The molecule has 0 fully saturated rings. The second-order valence-electron chi connectivity index (χ2n) is 4.53. The molecule has 0 N–H and O–H groups in total. The number of hydrogen-bond donors (Lipinski definition) is 0. The number of carbonyl (C=O) groups excluding carboxylic acids is 1. The molecule has 0 saturated heterocycles. The summed E-state index contributed by atoms with van der Waals surface area (Å²) < 4.78 is 23.1. The Morgan fingerprint density at radius 3 is 2.81 bits per heavy atom. The first-order chi connectivity index (χ1) is 10.1. The Bertz CT molecular complexity index is 597. The SMILES string of the molecule is COC(=O)CC(C)SCc1ncc(-c2ccc(F)cc2)o1. The fourth-order valence-electron chi connectivity index (χ4n) is 1.72. The largest absolute Gasteiger partial charge is 0.469 e. The minimum atomic E-state index is -0.286. The predicted molar refractivity (Wildman–Crippen MR) is 79.3 cm³/mol. The highest BCUT2D eigenvalue weighted by Crippen LogP contribution is 2.24. The summed E-state index contributed by atoms with van der Waals surface area (Å²) in [4.78, 5) is 15.3. The van der Waals surface area contributed by atoms with Crippen molar-refractivity contribution in [3.63, 3.8) is 0 Å². The van der Waals surface area contributed by atoms with Crippen molar-refractivity contribution in [3.8, 4) is 11.3 Å². The molecule has 0 radical (unpaired) electrons. The summed E-state index contributed by atoms with van der Waals surface area (Å²) >= 11 is 1.57. The highest BCUT2D eigenvalue weighted by Gasteiger charge is 2.12. The third-order valence-corrected chi connectivity index (χ3v) is 4.00. The second-order valence-corrected chi connectivity index (χ2v) is 5.95. The van der Waals surface area contributed by atoms with Gasteiger partial charge in [0.2, 0.25) is 5.89 Å². The number of hydrogen-bond acceptors (Lipinski definition) is 5. The van der Waals surface area contributed by atoms with Gasteiger partial charge in [-0.3, -0.25) is 4.79 Å². The fraction of sp³-hybridized carbons (Fsp3) is 0.333. The van der Waals surface area contributed by atoms with Crippen LogP contribution in [0, 0.1) is 5.82 Å². The van der Waals surface area contributed by atoms with Gasteiger partial charge < -0.3 is 9.15 Å². The van der Waals surface area contributed by atoms with Crippen molar-refractivity contribution in [2.75, 3.05) is 7.11 Å². The van der Waals surface area contributed by atoms with E-state index < -0.39 is 0 Å². The highest BCUT2D eigenvalue weighted by atomic mass is 32.2. The molecule has 0 aliphatic carbocycles. The van der Waals surface area contributed by atoms with Crippen LogP contribution in [0.1, 0.15) is 19.2 Å². The fourth-order valence-corrected chi connectivity index (χ4v) is 2.53. The Labute approximate surface area is 126 Å². The van der Waals surface area contributed by atoms with Gasteiger partial charge in [0.25, 0.3) is 0 Å². The molecule has 0 amide bonds. The van der Waals surface area contributed by atoms with Crippen molar-refractivity contribution >= 4 is 17.7 Å². The molecule has 4 nitrogen and oxygen atoms in total. The lowest BCUT2D eigenvalue weighted by atomic mass is 10.2. The summed E-state index contributed by atoms with van der Waals surface area (Å²) in [6, 6.07) is 6.05. The zero-order chi connectivity index (χ0) is 15.2. The Morgan fingerprint density at radius 1 is 1.43 bits per heavy atom. The maximum absolute atomic E-state index is 12.9. The Balaban J connectivity index is 1.91. The molecule has 1 heterocycles. The highest BCUT2D eigenvalue weighted by molar-refractivity contribution is 7.99. The molecule has 1 atom stereocenters. The van der Waals surface area contributed by atoms with Gasteiger partial charge in [-0.1, -0.05) is 6.92 Å². The smallest absolute Gasteiger partial charge is 0.306 e. The van der Waals surface area contributed by atoms with Crippen LogP contribution in [0.15, 0.2) is 34.9 Å². The molecule has 112 valence electrons. The number of nitrogens with zero attached hydrogens (tertiary/aromatic N) is 1. The number of ether oxygens (including phenoxy) is 1. The van der Waals surface area contributed by atoms with Gasteiger partial charge in [-0.25, -0.2) is 9.37 Å². The van der Waals surface area contributed by atoms with Gasteiger partial charge >= 0.3 is 5.97 Å². The van der Waals surface area contributed by atoms with Crippen LogP contribution in [0.2, 0.25) is 0 Å². The van der Waals surface area contributed by atoms with Gasteiger partial charge in [0, 0.05) is 10.8 Å². The number of carbonyl (C=O) groups is 1. The van der Waals surface area contributed by atoms with E-state index in [1.54, 1.807) is 30.1 Å². The van der Waals surface area contributed by atoms with E-state index in [0.717, 1.165) is 5.56 Å². The number of rotatable bonds is 6. The third-order valence-electron chi connectivity index (χ3n) is 2.86. The van der Waals surface area contributed by atoms with Gasteiger partial charge in [-0.05, 0) is 24.3 Å². The summed E-state index contributed by atoms with van der Waals surface area (Å²) in [5.41, 5.74) is 0.780. The Kier molecular flexibility index (Phi) is 5.38. The maximum Gasteiger partial charge on any atom is 0.306 e. The molecule has 2 rings (SSSR count). The minimum Gasteiger partial charge on any atom is -0.469 e. The molecule has 0 saturated carbocycles. The first kappa shape index (κ1) is 15.6. The average molecular weight is 309 g/mol. The van der Waals surface area contributed by atoms with Crippen molar-refractivity contribution in [3.05, 3.63) is 42.2 Å². The first-order valence-corrected chi connectivity index (χ1v) is 7.52. The molecule has 1 aromatic carbocycles. The van der Waals surface area contributed by atoms with E-state index in [2.05, 4.69) is 9.72 Å². The molecular weight excluding hydrogens is 293 g/mol. The molecule has 6 heteroatoms. The van der Waals surface area contributed by atoms with Gasteiger partial charge in [-0.2, -0.15) is 0 Å². The molecule has 0 aliphatic heterocycles. The summed E-state index contributed by atoms with van der Waals surface area (Å²) in [5, 5.41) is 0.124. The number of halogens is 1. The third kappa shape index (κ3) is 4.60. The van der Waals surface area contributed by atoms with Crippen molar-refractivity contribution in [1.29, 1.82) is 0 Å². The van der Waals surface area contributed by atoms with Crippen LogP contribution in [0.5, 0.6) is 0 Å². The Morgan fingerprint density at radius 2 is 2.14 bits per heavy atom. The number of aromatic nitrogens is 1. The number of methoxy groups -OCH3 is 1. The minimum absolute atomic E-state index is 0.124. The average Bonchev–Trinajstić information content (AvgIpc) is 2.94. The van der Waals surface area contributed by atoms with E-state index >= 15 is 0 Å². The Hall–Kier alpha value is -1.82. The lowest BCUT2D eigenvalue weighted by molar-refractivity contribution is -0.140. The lowest BCUT2D eigenvalue weighted by Crippen LogP contribution is -2.08. The van der Waals surface area contributed by atoms with Gasteiger partial charge in [-0.15, -0.1) is 11.8 Å². The molecule has 1 aromatic heterocycles. The predicted octanol–water partition coefficient (Wildman–Crippen LogP) is 3.67. The van der Waals surface area contributed by atoms with Crippen molar-refractivity contribution in [2.24, 2.45) is 0 Å². The quantitative estimate of drug-likeness (QED) is 0.762. The summed E-state index contributed by atoms with van der Waals surface area (Å²) in [5.74, 6) is 1.24. The molecular formula is C15H16FNO3S. The van der Waals surface area contributed by atoms with E-state index in [1.807, 2.05) is 6.92 Å². The number of benzene rings is 1. The summed E-state index contributed by atoms with van der Waals surface area (Å²) in [6.45, 7) is 1.95. The summed E-state index contributed by atoms with van der Waals surface area (Å²) in [7, 11) is 1.38. The van der Waals surface area contributed by atoms with Gasteiger partial charge in [0.15, 0.2) is 5.76 Å². The molecule has 2 aromatic rings. The van der Waals surface area contributed by atoms with Crippen molar-refractivity contribution < 1.29 is 18.3 Å². The van der Waals surface area contributed by atoms with Crippen LogP contribution in [-0.4, -0.2) is 23.3 Å². The van der Waals surface area contributed by atoms with Crippen molar-refractivity contribution in [1.82, 2.24) is 4.98 Å². The molecule has 0 spiro atoms. The topological polar surface area (TPSA) is 52.3 Å². The van der Waals surface area contributed by atoms with Crippen LogP contribution < -0.4 is 0 Å². The number of esters is 1. The maximum atomic E-state index is 12.9. The van der Waals surface area contributed by atoms with E-state index in [1.165, 1.54) is 19.2 Å². The zero-order valence-corrected chi connectivity index (χ0v) is 12.7. The molecule has 1 unspecified atom stereocenters. The van der Waals surface area contributed by atoms with Crippen LogP contribution in [0.3, 0.4) is 0 Å². The van der Waals surface area contributed by atoms with Crippen LogP contribution in [0.25, 0.3) is 11.3 Å². The summed E-state index contributed by atoms with van der Waals surface area (Å²) in [6.07, 6.45) is 1.97. The van der Waals surface area contributed by atoms with Gasteiger partial charge in [0.1, 0.15) is 5.82 Å². The van der Waals surface area contributed by atoms with Crippen LogP contribution in [-0.2, 0) is 15.3 Å². The monoisotopic (exact) mass is 309 g/mol. The van der Waals surface area contributed by atoms with Crippen LogP contribution in [0.4, 0.5) is 4.39 Å². The second kappa shape index (κ2) is 7.26. The molecule has 0 aliphatic rings.